The van der Waals surface area contributed by atoms with E-state index in [1.807, 2.05) is 30.3 Å². The topological polar surface area (TPSA) is 89.0 Å². The fraction of sp³-hybridized carbons (Fsp3) is 0.0476. The fourth-order valence-electron chi connectivity index (χ4n) is 2.75. The predicted octanol–water partition coefficient (Wildman–Crippen LogP) is 5.09. The third-order valence-electron chi connectivity index (χ3n) is 4.23. The van der Waals surface area contributed by atoms with E-state index >= 15 is 0 Å². The normalized spacial score (nSPS) is 16.7. The van der Waals surface area contributed by atoms with Crippen molar-refractivity contribution < 1.29 is 14.1 Å². The maximum atomic E-state index is 12.5. The first-order valence-corrected chi connectivity index (χ1v) is 9.49. The van der Waals surface area contributed by atoms with Crippen LogP contribution in [-0.4, -0.2) is 27.9 Å². The number of furan rings is 1. The highest BCUT2D eigenvalue weighted by Gasteiger charge is 2.30. The summed E-state index contributed by atoms with van der Waals surface area (Å²) in [5.41, 5.74) is 1.35. The Morgan fingerprint density at radius 2 is 1.90 bits per heavy atom. The number of benzene rings is 2. The van der Waals surface area contributed by atoms with E-state index in [0.717, 1.165) is 5.69 Å². The van der Waals surface area contributed by atoms with Gasteiger partial charge in [0.2, 0.25) is 0 Å². The second-order valence-electron chi connectivity index (χ2n) is 6.21. The summed E-state index contributed by atoms with van der Waals surface area (Å²) in [6.07, 6.45) is 1.65. The highest BCUT2D eigenvalue weighted by molar-refractivity contribution is 8.18. The molecule has 0 aliphatic carbocycles. The Hall–Kier alpha value is -3.65. The first kappa shape index (κ1) is 18.7. The number of para-hydroxylation sites is 1. The third kappa shape index (κ3) is 3.97. The van der Waals surface area contributed by atoms with Crippen LogP contribution in [-0.2, 0) is 4.79 Å². The number of nitro benzene ring substituents is 1. The first-order valence-electron chi connectivity index (χ1n) is 8.67. The van der Waals surface area contributed by atoms with Gasteiger partial charge in [0.15, 0.2) is 5.17 Å². The molecule has 0 bridgehead atoms. The molecule has 144 valence electrons. The summed E-state index contributed by atoms with van der Waals surface area (Å²) in [7, 11) is 1.68. The molecule has 7 nitrogen and oxygen atoms in total. The average molecular weight is 405 g/mol. The van der Waals surface area contributed by atoms with Crippen LogP contribution >= 0.6 is 11.8 Å². The number of carbonyl (C=O) groups is 1. The Morgan fingerprint density at radius 1 is 1.10 bits per heavy atom. The minimum atomic E-state index is -0.452. The van der Waals surface area contributed by atoms with Crippen LogP contribution in [0.1, 0.15) is 5.76 Å². The predicted molar refractivity (Wildman–Crippen MR) is 113 cm³/mol. The van der Waals surface area contributed by atoms with Gasteiger partial charge in [0.1, 0.15) is 11.5 Å². The van der Waals surface area contributed by atoms with E-state index in [4.69, 9.17) is 4.42 Å². The van der Waals surface area contributed by atoms with Crippen LogP contribution in [0.4, 0.5) is 11.4 Å². The van der Waals surface area contributed by atoms with Gasteiger partial charge in [-0.3, -0.25) is 19.8 Å². The van der Waals surface area contributed by atoms with Crippen LogP contribution in [0.15, 0.2) is 81.0 Å². The molecule has 3 aromatic rings. The van der Waals surface area contributed by atoms with Gasteiger partial charge in [-0.2, -0.15) is 0 Å². The largest absolute Gasteiger partial charge is 0.457 e. The van der Waals surface area contributed by atoms with Crippen molar-refractivity contribution >= 4 is 40.3 Å². The van der Waals surface area contributed by atoms with Gasteiger partial charge in [-0.1, -0.05) is 30.3 Å². The molecule has 1 saturated heterocycles. The van der Waals surface area contributed by atoms with Crippen molar-refractivity contribution in [2.45, 2.75) is 0 Å². The fourth-order valence-corrected chi connectivity index (χ4v) is 3.72. The molecule has 29 heavy (non-hydrogen) atoms. The Bertz CT molecular complexity index is 1150. The van der Waals surface area contributed by atoms with Crippen molar-refractivity contribution in [1.82, 2.24) is 4.90 Å². The number of hydrogen-bond acceptors (Lipinski definition) is 6. The Morgan fingerprint density at radius 3 is 2.66 bits per heavy atom. The molecule has 1 aromatic heterocycles. The van der Waals surface area contributed by atoms with Crippen molar-refractivity contribution in [2.24, 2.45) is 4.99 Å². The molecule has 0 atom stereocenters. The lowest BCUT2D eigenvalue weighted by atomic mass is 10.1. The van der Waals surface area contributed by atoms with Gasteiger partial charge in [-0.25, -0.2) is 4.99 Å². The van der Waals surface area contributed by atoms with Gasteiger partial charge < -0.3 is 4.42 Å². The summed E-state index contributed by atoms with van der Waals surface area (Å²) in [4.78, 5) is 29.5. The van der Waals surface area contributed by atoms with Gasteiger partial charge in [0.05, 0.1) is 15.5 Å². The zero-order valence-electron chi connectivity index (χ0n) is 15.3. The van der Waals surface area contributed by atoms with Crippen molar-refractivity contribution in [1.29, 1.82) is 0 Å². The average Bonchev–Trinajstić information content (AvgIpc) is 3.30. The lowest BCUT2D eigenvalue weighted by Crippen LogP contribution is -2.23. The monoisotopic (exact) mass is 405 g/mol. The Balaban J connectivity index is 1.59. The quantitative estimate of drug-likeness (QED) is 0.343. The van der Waals surface area contributed by atoms with Crippen LogP contribution in [0.3, 0.4) is 0 Å². The molecule has 1 aliphatic heterocycles. The number of amides is 1. The molecule has 0 N–H and O–H groups in total. The number of likely N-dealkylation sites (N-methyl/N-ethyl adjacent to an activating group) is 1. The molecule has 0 saturated carbocycles. The van der Waals surface area contributed by atoms with E-state index in [1.54, 1.807) is 37.4 Å². The van der Waals surface area contributed by atoms with Crippen molar-refractivity contribution in [3.63, 3.8) is 0 Å². The van der Waals surface area contributed by atoms with E-state index in [-0.39, 0.29) is 11.6 Å². The summed E-state index contributed by atoms with van der Waals surface area (Å²) in [6, 6.07) is 19.1. The van der Waals surface area contributed by atoms with Crippen LogP contribution in [0.2, 0.25) is 0 Å². The van der Waals surface area contributed by atoms with Gasteiger partial charge in [-0.05, 0) is 36.0 Å². The van der Waals surface area contributed by atoms with Gasteiger partial charge in [-0.15, -0.1) is 0 Å². The van der Waals surface area contributed by atoms with Gasteiger partial charge >= 0.3 is 0 Å². The number of nitro groups is 1. The summed E-state index contributed by atoms with van der Waals surface area (Å²) in [5, 5.41) is 11.5. The highest BCUT2D eigenvalue weighted by Crippen LogP contribution is 2.34. The molecule has 0 unspecified atom stereocenters. The van der Waals surface area contributed by atoms with Gasteiger partial charge in [0.25, 0.3) is 11.6 Å². The summed E-state index contributed by atoms with van der Waals surface area (Å²) >= 11 is 1.27. The second-order valence-corrected chi connectivity index (χ2v) is 7.22. The number of carbonyl (C=O) groups excluding carboxylic acids is 1. The number of hydrogen-bond donors (Lipinski definition) is 0. The van der Waals surface area contributed by atoms with E-state index in [1.165, 1.54) is 28.8 Å². The standard InChI is InChI=1S/C21H15N3O4S/c1-23-20(25)19(29-21(23)22-15-7-3-2-4-8-15)13-17-10-11-18(28-17)14-6-5-9-16(12-14)24(26)27/h2-13H,1H3/b19-13+,22-21?. The molecule has 8 heteroatoms. The summed E-state index contributed by atoms with van der Waals surface area (Å²) in [5.74, 6) is 0.803. The Labute approximate surface area is 170 Å². The highest BCUT2D eigenvalue weighted by atomic mass is 32.2. The van der Waals surface area contributed by atoms with Gasteiger partial charge in [0, 0.05) is 30.8 Å². The number of rotatable bonds is 4. The first-order chi connectivity index (χ1) is 14.0. The lowest BCUT2D eigenvalue weighted by molar-refractivity contribution is -0.384. The lowest BCUT2D eigenvalue weighted by Gasteiger charge is -2.06. The number of nitrogens with zero attached hydrogens (tertiary/aromatic N) is 3. The molecule has 1 aliphatic rings. The maximum absolute atomic E-state index is 12.5. The van der Waals surface area contributed by atoms with Crippen molar-refractivity contribution in [3.8, 4) is 11.3 Å². The zero-order valence-corrected chi connectivity index (χ0v) is 16.1. The molecule has 1 fully saturated rings. The number of amidine groups is 1. The van der Waals surface area contributed by atoms with E-state index in [0.29, 0.717) is 27.2 Å². The van der Waals surface area contributed by atoms with Crippen molar-refractivity contribution in [2.75, 3.05) is 7.05 Å². The van der Waals surface area contributed by atoms with Crippen LogP contribution in [0.25, 0.3) is 17.4 Å². The minimum absolute atomic E-state index is 0.0104. The van der Waals surface area contributed by atoms with Crippen LogP contribution in [0.5, 0.6) is 0 Å². The maximum Gasteiger partial charge on any atom is 0.270 e. The number of thioether (sulfide) groups is 1. The zero-order chi connectivity index (χ0) is 20.4. The molecular weight excluding hydrogens is 390 g/mol. The molecular formula is C21H15N3O4S. The molecule has 0 radical (unpaired) electrons. The second kappa shape index (κ2) is 7.76. The third-order valence-corrected chi connectivity index (χ3v) is 5.29. The van der Waals surface area contributed by atoms with E-state index in [9.17, 15) is 14.9 Å². The van der Waals surface area contributed by atoms with E-state index < -0.39 is 4.92 Å². The molecule has 2 heterocycles. The molecule has 2 aromatic carbocycles. The molecule has 0 spiro atoms. The Kier molecular flexibility index (Phi) is 5.01. The van der Waals surface area contributed by atoms with E-state index in [2.05, 4.69) is 4.99 Å². The van der Waals surface area contributed by atoms with Crippen molar-refractivity contribution in [3.05, 3.63) is 87.5 Å². The summed E-state index contributed by atoms with van der Waals surface area (Å²) < 4.78 is 5.78. The molecule has 4 rings (SSSR count). The molecule has 1 amide bonds. The van der Waals surface area contributed by atoms with Crippen LogP contribution < -0.4 is 0 Å². The smallest absolute Gasteiger partial charge is 0.270 e. The van der Waals surface area contributed by atoms with Crippen LogP contribution in [0, 0.1) is 10.1 Å². The minimum Gasteiger partial charge on any atom is -0.457 e. The number of non-ortho nitro benzene ring substituents is 1. The SMILES string of the molecule is CN1C(=O)/C(=C\c2ccc(-c3cccc([N+](=O)[O-])c3)o2)SC1=Nc1ccccc1. The summed E-state index contributed by atoms with van der Waals surface area (Å²) in [6.45, 7) is 0. The number of aliphatic imine (C=N–C) groups is 1.